The Morgan fingerprint density at radius 1 is 0.969 bits per heavy atom. The molecular weight excluding hydrogens is 490 g/mol. The fourth-order valence-corrected chi connectivity index (χ4v) is 6.33. The van der Waals surface area contributed by atoms with Gasteiger partial charge in [0, 0.05) is 22.4 Å². The quantitative estimate of drug-likeness (QED) is 0.422. The van der Waals surface area contributed by atoms with E-state index in [9.17, 15) is 18.0 Å². The third kappa shape index (κ3) is 4.02. The average Bonchev–Trinajstić information content (AvgIpc) is 3.09. The zero-order valence-corrected chi connectivity index (χ0v) is 20.1. The molecule has 0 radical (unpaired) electrons. The normalized spacial score (nSPS) is 17.8. The second-order valence-electron chi connectivity index (χ2n) is 7.97. The molecule has 0 aliphatic carbocycles. The Bertz CT molecular complexity index is 1290. The van der Waals surface area contributed by atoms with Gasteiger partial charge in [0.25, 0.3) is 10.0 Å². The highest BCUT2D eigenvalue weighted by Crippen LogP contribution is 2.47. The van der Waals surface area contributed by atoms with Crippen LogP contribution < -0.4 is 4.31 Å². The molecule has 1 aliphatic heterocycles. The molecule has 32 heavy (non-hydrogen) atoms. The summed E-state index contributed by atoms with van der Waals surface area (Å²) in [4.78, 5) is 26.0. The van der Waals surface area contributed by atoms with Gasteiger partial charge >= 0.3 is 0 Å². The van der Waals surface area contributed by atoms with Crippen molar-refractivity contribution in [3.63, 3.8) is 0 Å². The van der Waals surface area contributed by atoms with Crippen molar-refractivity contribution in [1.29, 1.82) is 0 Å². The Kier molecular flexibility index (Phi) is 6.05. The summed E-state index contributed by atoms with van der Waals surface area (Å²) in [5.41, 5.74) is 2.56. The van der Waals surface area contributed by atoms with E-state index in [1.165, 1.54) is 11.2 Å². The van der Waals surface area contributed by atoms with Gasteiger partial charge in [-0.2, -0.15) is 0 Å². The number of hydrogen-bond donors (Lipinski definition) is 0. The van der Waals surface area contributed by atoms with Crippen LogP contribution in [0.25, 0.3) is 0 Å². The SMILES string of the molecule is CC(=O)[C@@H]1[C@H](CC(=O)c2ccccc2)c2cc(Br)ccc2N1S(=O)(=O)c1ccc(C)cc1. The van der Waals surface area contributed by atoms with Gasteiger partial charge < -0.3 is 0 Å². The van der Waals surface area contributed by atoms with E-state index >= 15 is 0 Å². The Balaban J connectivity index is 1.84. The zero-order valence-electron chi connectivity index (χ0n) is 17.7. The van der Waals surface area contributed by atoms with Crippen LogP contribution in [0.1, 0.15) is 40.7 Å². The van der Waals surface area contributed by atoms with Gasteiger partial charge in [-0.25, -0.2) is 8.42 Å². The summed E-state index contributed by atoms with van der Waals surface area (Å²) in [7, 11) is -4.02. The summed E-state index contributed by atoms with van der Waals surface area (Å²) in [6, 6.07) is 19.6. The predicted molar refractivity (Wildman–Crippen MR) is 128 cm³/mol. The molecule has 4 rings (SSSR count). The highest BCUT2D eigenvalue weighted by molar-refractivity contribution is 9.10. The molecule has 5 nitrogen and oxygen atoms in total. The number of rotatable bonds is 6. The van der Waals surface area contributed by atoms with Crippen LogP contribution in [0.15, 0.2) is 82.2 Å². The summed E-state index contributed by atoms with van der Waals surface area (Å²) in [5.74, 6) is -1.03. The molecule has 1 aliphatic rings. The van der Waals surface area contributed by atoms with Gasteiger partial charge in [0.05, 0.1) is 10.6 Å². The summed E-state index contributed by atoms with van der Waals surface area (Å²) >= 11 is 3.45. The molecule has 0 aromatic heterocycles. The number of carbonyl (C=O) groups excluding carboxylic acids is 2. The summed E-state index contributed by atoms with van der Waals surface area (Å²) < 4.78 is 29.3. The first-order valence-corrected chi connectivity index (χ1v) is 12.4. The van der Waals surface area contributed by atoms with Crippen molar-refractivity contribution in [2.24, 2.45) is 0 Å². The van der Waals surface area contributed by atoms with Gasteiger partial charge in [0.2, 0.25) is 0 Å². The minimum Gasteiger partial charge on any atom is -0.298 e. The lowest BCUT2D eigenvalue weighted by Crippen LogP contribution is -2.44. The van der Waals surface area contributed by atoms with Crippen LogP contribution in [0.3, 0.4) is 0 Å². The van der Waals surface area contributed by atoms with E-state index in [0.29, 0.717) is 16.8 Å². The van der Waals surface area contributed by atoms with Gasteiger partial charge in [0.1, 0.15) is 6.04 Å². The van der Waals surface area contributed by atoms with Crippen LogP contribution in [-0.4, -0.2) is 26.0 Å². The first-order valence-electron chi connectivity index (χ1n) is 10.2. The standard InChI is InChI=1S/C25H22BrNO4S/c1-16-8-11-20(12-9-16)32(30,31)27-23-13-10-19(26)14-21(23)22(25(27)17(2)28)15-24(29)18-6-4-3-5-7-18/h3-14,22,25H,15H2,1-2H3/t22-,25-/m1/s1. The molecule has 0 amide bonds. The fourth-order valence-electron chi connectivity index (χ4n) is 4.22. The average molecular weight is 512 g/mol. The number of halogens is 1. The van der Waals surface area contributed by atoms with Crippen molar-refractivity contribution in [2.75, 3.05) is 4.31 Å². The number of fused-ring (bicyclic) bond motifs is 1. The maximum atomic E-state index is 13.7. The van der Waals surface area contributed by atoms with Crippen molar-refractivity contribution in [2.45, 2.75) is 37.1 Å². The van der Waals surface area contributed by atoms with E-state index in [-0.39, 0.29) is 22.9 Å². The van der Waals surface area contributed by atoms with Crippen LogP contribution in [-0.2, 0) is 14.8 Å². The number of nitrogens with zero attached hydrogens (tertiary/aromatic N) is 1. The molecule has 1 heterocycles. The molecule has 0 unspecified atom stereocenters. The second-order valence-corrected chi connectivity index (χ2v) is 10.7. The van der Waals surface area contributed by atoms with E-state index in [1.807, 2.05) is 13.0 Å². The predicted octanol–water partition coefficient (Wildman–Crippen LogP) is 5.28. The molecule has 0 bridgehead atoms. The number of Topliss-reactive ketones (excluding diaryl/α,β-unsaturated/α-hetero) is 2. The van der Waals surface area contributed by atoms with E-state index in [1.54, 1.807) is 66.7 Å². The Morgan fingerprint density at radius 3 is 2.25 bits per heavy atom. The molecule has 0 spiro atoms. The summed E-state index contributed by atoms with van der Waals surface area (Å²) in [6.07, 6.45) is 0.0254. The van der Waals surface area contributed by atoms with Crippen molar-refractivity contribution in [3.05, 3.63) is 94.0 Å². The minimum atomic E-state index is -4.02. The molecule has 7 heteroatoms. The molecule has 0 N–H and O–H groups in total. The molecule has 3 aromatic rings. The summed E-state index contributed by atoms with van der Waals surface area (Å²) in [5, 5.41) is 0. The van der Waals surface area contributed by atoms with Crippen LogP contribution in [0.4, 0.5) is 5.69 Å². The monoisotopic (exact) mass is 511 g/mol. The fraction of sp³-hybridized carbons (Fsp3) is 0.200. The topological polar surface area (TPSA) is 71.5 Å². The van der Waals surface area contributed by atoms with Gasteiger partial charge in [0.15, 0.2) is 11.6 Å². The first kappa shape index (κ1) is 22.4. The minimum absolute atomic E-state index is 0.0254. The third-order valence-corrected chi connectivity index (χ3v) is 8.06. The van der Waals surface area contributed by atoms with Gasteiger partial charge in [-0.1, -0.05) is 64.0 Å². The number of anilines is 1. The lowest BCUT2D eigenvalue weighted by atomic mass is 9.87. The molecule has 3 aromatic carbocycles. The molecule has 164 valence electrons. The number of hydrogen-bond acceptors (Lipinski definition) is 4. The van der Waals surface area contributed by atoms with Gasteiger partial charge in [-0.3, -0.25) is 13.9 Å². The van der Waals surface area contributed by atoms with Crippen molar-refractivity contribution in [1.82, 2.24) is 0 Å². The third-order valence-electron chi connectivity index (χ3n) is 5.76. The molecule has 0 saturated heterocycles. The van der Waals surface area contributed by atoms with Gasteiger partial charge in [-0.15, -0.1) is 0 Å². The van der Waals surface area contributed by atoms with Gasteiger partial charge in [-0.05, 0) is 49.7 Å². The lowest BCUT2D eigenvalue weighted by molar-refractivity contribution is -0.118. The molecule has 0 saturated carbocycles. The summed E-state index contributed by atoms with van der Waals surface area (Å²) in [6.45, 7) is 3.26. The number of ketones is 2. The largest absolute Gasteiger partial charge is 0.298 e. The lowest BCUT2D eigenvalue weighted by Gasteiger charge is -2.28. The van der Waals surface area contributed by atoms with Crippen molar-refractivity contribution >= 4 is 43.2 Å². The second kappa shape index (κ2) is 8.64. The van der Waals surface area contributed by atoms with E-state index < -0.39 is 22.0 Å². The number of carbonyl (C=O) groups is 2. The highest BCUT2D eigenvalue weighted by Gasteiger charge is 2.47. The number of aryl methyl sites for hydroxylation is 1. The van der Waals surface area contributed by atoms with E-state index in [4.69, 9.17) is 0 Å². The Labute approximate surface area is 196 Å². The smallest absolute Gasteiger partial charge is 0.265 e. The molecule has 0 fully saturated rings. The zero-order chi connectivity index (χ0) is 23.0. The van der Waals surface area contributed by atoms with Crippen LogP contribution in [0.2, 0.25) is 0 Å². The molecular formula is C25H22BrNO4S. The van der Waals surface area contributed by atoms with Crippen LogP contribution >= 0.6 is 15.9 Å². The van der Waals surface area contributed by atoms with Crippen LogP contribution in [0.5, 0.6) is 0 Å². The van der Waals surface area contributed by atoms with E-state index in [0.717, 1.165) is 10.0 Å². The Hall–Kier alpha value is -2.77. The van der Waals surface area contributed by atoms with E-state index in [2.05, 4.69) is 15.9 Å². The van der Waals surface area contributed by atoms with Crippen molar-refractivity contribution in [3.8, 4) is 0 Å². The van der Waals surface area contributed by atoms with Crippen LogP contribution in [0, 0.1) is 6.92 Å². The first-order chi connectivity index (χ1) is 15.2. The highest BCUT2D eigenvalue weighted by atomic mass is 79.9. The molecule has 2 atom stereocenters. The number of benzene rings is 3. The maximum Gasteiger partial charge on any atom is 0.265 e. The Morgan fingerprint density at radius 2 is 1.62 bits per heavy atom. The number of sulfonamides is 1. The van der Waals surface area contributed by atoms with Crippen molar-refractivity contribution < 1.29 is 18.0 Å². The maximum absolute atomic E-state index is 13.7.